The molecule has 1 aromatic carbocycles. The van der Waals surface area contributed by atoms with Crippen LogP contribution in [0, 0.1) is 23.2 Å². The SMILES string of the molecule is COc1ccc2c(c1)CCC1C2C(C)CC2(C)C1CC[C@]2(OC(C)=O)C(=O)C(Br)Br. The number of hydrogen-bond donors (Lipinski definition) is 0. The van der Waals surface area contributed by atoms with Crippen LogP contribution < -0.4 is 4.74 Å². The minimum Gasteiger partial charge on any atom is -0.497 e. The molecule has 6 atom stereocenters. The summed E-state index contributed by atoms with van der Waals surface area (Å²) in [5.41, 5.74) is 1.41. The summed E-state index contributed by atoms with van der Waals surface area (Å²) in [7, 11) is 1.72. The second-order valence-corrected chi connectivity index (χ2v) is 12.7. The minimum atomic E-state index is -1.07. The lowest BCUT2D eigenvalue weighted by Gasteiger charge is -2.56. The third kappa shape index (κ3) is 3.19. The highest BCUT2D eigenvalue weighted by Gasteiger charge is 2.68. The Bertz CT molecular complexity index is 869. The second-order valence-electron chi connectivity index (χ2n) is 9.62. The number of carbonyl (C=O) groups is 2. The van der Waals surface area contributed by atoms with Crippen LogP contribution in [-0.4, -0.2) is 28.2 Å². The van der Waals surface area contributed by atoms with E-state index in [0.29, 0.717) is 30.1 Å². The van der Waals surface area contributed by atoms with Gasteiger partial charge < -0.3 is 9.47 Å². The summed E-state index contributed by atoms with van der Waals surface area (Å²) in [6, 6.07) is 6.51. The topological polar surface area (TPSA) is 52.6 Å². The molecule has 3 aliphatic rings. The Morgan fingerprint density at radius 1 is 1.23 bits per heavy atom. The van der Waals surface area contributed by atoms with Crippen LogP contribution in [0.25, 0.3) is 0 Å². The van der Waals surface area contributed by atoms with Gasteiger partial charge in [-0.25, -0.2) is 0 Å². The molecule has 2 saturated carbocycles. The molecule has 0 N–H and O–H groups in total. The number of ether oxygens (including phenoxy) is 2. The van der Waals surface area contributed by atoms with Crippen LogP contribution in [-0.2, 0) is 20.7 Å². The average Bonchev–Trinajstić information content (AvgIpc) is 2.98. The number of hydrogen-bond acceptors (Lipinski definition) is 4. The van der Waals surface area contributed by atoms with Gasteiger partial charge in [0.15, 0.2) is 5.60 Å². The van der Waals surface area contributed by atoms with Crippen molar-refractivity contribution in [1.82, 2.24) is 0 Å². The van der Waals surface area contributed by atoms with Gasteiger partial charge in [0.1, 0.15) is 9.49 Å². The van der Waals surface area contributed by atoms with E-state index in [-0.39, 0.29) is 17.2 Å². The van der Waals surface area contributed by atoms with Gasteiger partial charge >= 0.3 is 5.97 Å². The molecule has 0 aromatic heterocycles. The Labute approximate surface area is 195 Å². The molecule has 0 bridgehead atoms. The first-order chi connectivity index (χ1) is 14.1. The lowest BCUT2D eigenvalue weighted by atomic mass is 9.50. The van der Waals surface area contributed by atoms with Crippen LogP contribution in [0.4, 0.5) is 0 Å². The van der Waals surface area contributed by atoms with Crippen LogP contribution >= 0.6 is 31.9 Å². The van der Waals surface area contributed by atoms with Gasteiger partial charge in [0, 0.05) is 12.3 Å². The number of rotatable bonds is 4. The van der Waals surface area contributed by atoms with E-state index < -0.39 is 9.34 Å². The Balaban J connectivity index is 1.76. The fraction of sp³-hybridized carbons (Fsp3) is 0.667. The molecule has 6 heteroatoms. The molecule has 30 heavy (non-hydrogen) atoms. The van der Waals surface area contributed by atoms with Gasteiger partial charge in [-0.15, -0.1) is 0 Å². The van der Waals surface area contributed by atoms with Crippen LogP contribution in [0.1, 0.15) is 63.5 Å². The van der Waals surface area contributed by atoms with Crippen molar-refractivity contribution in [3.05, 3.63) is 29.3 Å². The summed E-state index contributed by atoms with van der Waals surface area (Å²) in [5, 5.41) is 0. The van der Waals surface area contributed by atoms with E-state index in [1.54, 1.807) is 7.11 Å². The van der Waals surface area contributed by atoms with E-state index in [1.807, 2.05) is 0 Å². The fourth-order valence-electron chi connectivity index (χ4n) is 7.27. The van der Waals surface area contributed by atoms with Crippen molar-refractivity contribution in [1.29, 1.82) is 0 Å². The van der Waals surface area contributed by atoms with Gasteiger partial charge in [-0.1, -0.05) is 51.8 Å². The second kappa shape index (κ2) is 7.91. The first-order valence-corrected chi connectivity index (χ1v) is 12.7. The number of carbonyl (C=O) groups excluding carboxylic acids is 2. The van der Waals surface area contributed by atoms with E-state index in [9.17, 15) is 9.59 Å². The highest BCUT2D eigenvalue weighted by Crippen LogP contribution is 2.67. The van der Waals surface area contributed by atoms with Gasteiger partial charge in [0.05, 0.1) is 7.11 Å². The predicted molar refractivity (Wildman–Crippen MR) is 123 cm³/mol. The quantitative estimate of drug-likeness (QED) is 0.358. The summed E-state index contributed by atoms with van der Waals surface area (Å²) in [6.07, 6.45) is 4.52. The summed E-state index contributed by atoms with van der Waals surface area (Å²) in [5.74, 6) is 2.21. The highest BCUT2D eigenvalue weighted by molar-refractivity contribution is 9.25. The van der Waals surface area contributed by atoms with Gasteiger partial charge in [0.2, 0.25) is 5.78 Å². The van der Waals surface area contributed by atoms with Crippen molar-refractivity contribution in [3.8, 4) is 5.75 Å². The molecule has 2 fully saturated rings. The van der Waals surface area contributed by atoms with E-state index in [2.05, 4.69) is 63.9 Å². The van der Waals surface area contributed by atoms with Crippen LogP contribution in [0.3, 0.4) is 0 Å². The molecule has 5 unspecified atom stereocenters. The Morgan fingerprint density at radius 2 is 1.97 bits per heavy atom. The zero-order valence-corrected chi connectivity index (χ0v) is 21.2. The van der Waals surface area contributed by atoms with Gasteiger partial charge in [-0.05, 0) is 79.0 Å². The summed E-state index contributed by atoms with van der Waals surface area (Å²) in [4.78, 5) is 25.5. The zero-order chi connectivity index (χ0) is 21.8. The largest absolute Gasteiger partial charge is 0.497 e. The lowest BCUT2D eigenvalue weighted by molar-refractivity contribution is -0.186. The third-order valence-electron chi connectivity index (χ3n) is 8.26. The molecule has 4 nitrogen and oxygen atoms in total. The average molecular weight is 542 g/mol. The molecular weight excluding hydrogens is 512 g/mol. The standard InChI is InChI=1S/C24H30Br2O4/c1-13-12-23(3)19(9-10-24(23,30-14(2)27)21(28)22(25)26)18-7-5-15-11-16(29-4)6-8-17(15)20(13)18/h6,8,11,13,18-20,22H,5,7,9-10,12H2,1-4H3/t13?,18?,19?,20?,23?,24-/m0/s1. The summed E-state index contributed by atoms with van der Waals surface area (Å²) < 4.78 is 10.9. The maximum Gasteiger partial charge on any atom is 0.303 e. The number of benzene rings is 1. The number of aryl methyl sites for hydroxylation is 1. The Morgan fingerprint density at radius 3 is 2.60 bits per heavy atom. The number of Topliss-reactive ketones (excluding diaryl/α,β-unsaturated/α-hetero) is 1. The molecule has 0 radical (unpaired) electrons. The van der Waals surface area contributed by atoms with E-state index in [1.165, 1.54) is 18.1 Å². The van der Waals surface area contributed by atoms with Crippen LogP contribution in [0.5, 0.6) is 5.75 Å². The van der Waals surface area contributed by atoms with Gasteiger partial charge in [-0.3, -0.25) is 9.59 Å². The maximum absolute atomic E-state index is 13.4. The number of halogens is 2. The van der Waals surface area contributed by atoms with E-state index in [4.69, 9.17) is 9.47 Å². The summed E-state index contributed by atoms with van der Waals surface area (Å²) >= 11 is 6.80. The van der Waals surface area contributed by atoms with Gasteiger partial charge in [-0.2, -0.15) is 0 Å². The Hall–Kier alpha value is -0.880. The first kappa shape index (κ1) is 22.3. The van der Waals surface area contributed by atoms with E-state index in [0.717, 1.165) is 31.4 Å². The molecule has 0 aliphatic heterocycles. The van der Waals surface area contributed by atoms with Crippen LogP contribution in [0.2, 0.25) is 0 Å². The van der Waals surface area contributed by atoms with E-state index >= 15 is 0 Å². The molecule has 3 aliphatic carbocycles. The molecule has 0 amide bonds. The zero-order valence-electron chi connectivity index (χ0n) is 18.0. The van der Waals surface area contributed by atoms with Crippen molar-refractivity contribution in [2.24, 2.45) is 23.2 Å². The fourth-order valence-corrected chi connectivity index (χ4v) is 8.01. The molecular formula is C24H30Br2O4. The van der Waals surface area contributed by atoms with Crippen molar-refractivity contribution in [2.75, 3.05) is 7.11 Å². The smallest absolute Gasteiger partial charge is 0.303 e. The molecule has 164 valence electrons. The maximum atomic E-state index is 13.4. The van der Waals surface area contributed by atoms with Crippen molar-refractivity contribution >= 4 is 43.6 Å². The van der Waals surface area contributed by atoms with Crippen molar-refractivity contribution in [3.63, 3.8) is 0 Å². The monoisotopic (exact) mass is 540 g/mol. The lowest BCUT2D eigenvalue weighted by Crippen LogP contribution is -2.59. The van der Waals surface area contributed by atoms with Crippen LogP contribution in [0.15, 0.2) is 18.2 Å². The molecule has 0 saturated heterocycles. The molecule has 0 heterocycles. The minimum absolute atomic E-state index is 0.0608. The van der Waals surface area contributed by atoms with Gasteiger partial charge in [0.25, 0.3) is 0 Å². The predicted octanol–water partition coefficient (Wildman–Crippen LogP) is 5.78. The first-order valence-electron chi connectivity index (χ1n) is 10.8. The Kier molecular flexibility index (Phi) is 5.89. The number of methoxy groups -OCH3 is 1. The molecule has 1 aromatic rings. The number of ketones is 1. The summed E-state index contributed by atoms with van der Waals surface area (Å²) in [6.45, 7) is 5.92. The number of esters is 1. The third-order valence-corrected chi connectivity index (χ3v) is 9.09. The highest BCUT2D eigenvalue weighted by atomic mass is 79.9. The molecule has 0 spiro atoms. The number of alkyl halides is 2. The number of fused-ring (bicyclic) bond motifs is 5. The normalized spacial score (nSPS) is 37.2. The van der Waals surface area contributed by atoms with Crippen molar-refractivity contribution in [2.45, 2.75) is 68.1 Å². The van der Waals surface area contributed by atoms with Crippen molar-refractivity contribution < 1.29 is 19.1 Å². The molecule has 4 rings (SSSR count).